The maximum atomic E-state index is 12.9. The van der Waals surface area contributed by atoms with Crippen LogP contribution in [-0.4, -0.2) is 29.1 Å². The summed E-state index contributed by atoms with van der Waals surface area (Å²) in [5.74, 6) is -0.0678. The fourth-order valence-corrected chi connectivity index (χ4v) is 3.92. The van der Waals surface area contributed by atoms with E-state index < -0.39 is 17.2 Å². The van der Waals surface area contributed by atoms with Crippen LogP contribution in [0.5, 0.6) is 0 Å². The quantitative estimate of drug-likeness (QED) is 0.388. The summed E-state index contributed by atoms with van der Waals surface area (Å²) < 4.78 is 11.2. The molecule has 0 aliphatic heterocycles. The molecule has 9 nitrogen and oxygen atoms in total. The highest BCUT2D eigenvalue weighted by Gasteiger charge is 2.22. The molecule has 0 amide bonds. The largest absolute Gasteiger partial charge is 0.459 e. The van der Waals surface area contributed by atoms with E-state index in [0.29, 0.717) is 11.5 Å². The Kier molecular flexibility index (Phi) is 4.93. The number of esters is 1. The Balaban J connectivity index is 1.64. The third kappa shape index (κ3) is 3.43. The molecule has 3 aromatic heterocycles. The van der Waals surface area contributed by atoms with Gasteiger partial charge in [-0.15, -0.1) is 0 Å². The van der Waals surface area contributed by atoms with Crippen molar-refractivity contribution in [3.63, 3.8) is 0 Å². The number of hydrogen-bond donors (Lipinski definition) is 0. The van der Waals surface area contributed by atoms with Crippen LogP contribution in [0.1, 0.15) is 5.56 Å². The standard InChI is InChI=1S/C24H21N5O4/c1-26-21-20(22(31)27(2)24(26)32)29-13-18(17-11-7-4-8-12-17)28(23(29)25-21)14-19(30)33-15-16-9-5-3-6-10-16/h3-13H,14-15H2,1-2H3. The van der Waals surface area contributed by atoms with Gasteiger partial charge in [-0.25, -0.2) is 4.79 Å². The second-order valence-corrected chi connectivity index (χ2v) is 7.77. The van der Waals surface area contributed by atoms with Crippen LogP contribution >= 0.6 is 0 Å². The van der Waals surface area contributed by atoms with E-state index in [9.17, 15) is 14.4 Å². The Labute approximate surface area is 187 Å². The van der Waals surface area contributed by atoms with E-state index in [4.69, 9.17) is 4.74 Å². The molecule has 0 N–H and O–H groups in total. The Morgan fingerprint density at radius 2 is 1.61 bits per heavy atom. The lowest BCUT2D eigenvalue weighted by Gasteiger charge is -2.09. The minimum Gasteiger partial charge on any atom is -0.459 e. The minimum atomic E-state index is -0.467. The second-order valence-electron chi connectivity index (χ2n) is 7.77. The van der Waals surface area contributed by atoms with E-state index in [1.165, 1.54) is 11.6 Å². The normalized spacial score (nSPS) is 11.3. The first kappa shape index (κ1) is 20.5. The van der Waals surface area contributed by atoms with E-state index in [2.05, 4.69) is 4.98 Å². The fraction of sp³-hybridized carbons (Fsp3) is 0.167. The molecule has 0 atom stereocenters. The summed E-state index contributed by atoms with van der Waals surface area (Å²) in [6.45, 7) is 0.0501. The van der Waals surface area contributed by atoms with E-state index in [1.807, 2.05) is 60.7 Å². The van der Waals surface area contributed by atoms with Crippen LogP contribution in [0.3, 0.4) is 0 Å². The van der Waals surface area contributed by atoms with Crippen molar-refractivity contribution in [2.45, 2.75) is 13.2 Å². The molecular formula is C24H21N5O4. The highest BCUT2D eigenvalue weighted by Crippen LogP contribution is 2.25. The van der Waals surface area contributed by atoms with E-state index in [-0.39, 0.29) is 24.3 Å². The topological polar surface area (TPSA) is 92.5 Å². The maximum absolute atomic E-state index is 12.9. The first-order chi connectivity index (χ1) is 16.0. The second kappa shape index (κ2) is 7.94. The molecule has 0 aliphatic carbocycles. The van der Waals surface area contributed by atoms with E-state index in [0.717, 1.165) is 15.7 Å². The van der Waals surface area contributed by atoms with Crippen LogP contribution in [0.4, 0.5) is 0 Å². The maximum Gasteiger partial charge on any atom is 0.332 e. The molecule has 5 aromatic rings. The van der Waals surface area contributed by atoms with Crippen LogP contribution in [-0.2, 0) is 36.8 Å². The van der Waals surface area contributed by atoms with Crippen LogP contribution in [0, 0.1) is 0 Å². The van der Waals surface area contributed by atoms with Gasteiger partial charge in [0.1, 0.15) is 13.2 Å². The third-order valence-corrected chi connectivity index (χ3v) is 5.66. The van der Waals surface area contributed by atoms with Gasteiger partial charge < -0.3 is 4.74 Å². The summed E-state index contributed by atoms with van der Waals surface area (Å²) in [7, 11) is 2.99. The molecule has 3 heterocycles. The molecule has 0 saturated carbocycles. The highest BCUT2D eigenvalue weighted by atomic mass is 16.5. The van der Waals surface area contributed by atoms with Gasteiger partial charge in [0.25, 0.3) is 5.56 Å². The summed E-state index contributed by atoms with van der Waals surface area (Å²) in [5.41, 5.74) is 2.04. The first-order valence-electron chi connectivity index (χ1n) is 10.4. The molecule has 0 fully saturated rings. The Morgan fingerprint density at radius 3 is 2.30 bits per heavy atom. The lowest BCUT2D eigenvalue weighted by molar-refractivity contribution is -0.145. The zero-order valence-electron chi connectivity index (χ0n) is 18.1. The summed E-state index contributed by atoms with van der Waals surface area (Å²) >= 11 is 0. The predicted molar refractivity (Wildman–Crippen MR) is 123 cm³/mol. The number of rotatable bonds is 5. The number of aryl methyl sites for hydroxylation is 1. The summed E-state index contributed by atoms with van der Waals surface area (Å²) in [4.78, 5) is 42.6. The van der Waals surface area contributed by atoms with Gasteiger partial charge in [0.05, 0.1) is 5.69 Å². The molecule has 9 heteroatoms. The zero-order chi connectivity index (χ0) is 23.1. The smallest absolute Gasteiger partial charge is 0.332 e. The third-order valence-electron chi connectivity index (χ3n) is 5.66. The molecule has 0 unspecified atom stereocenters. The van der Waals surface area contributed by atoms with Gasteiger partial charge in [0.2, 0.25) is 5.78 Å². The molecule has 0 saturated heterocycles. The van der Waals surface area contributed by atoms with E-state index in [1.54, 1.807) is 22.2 Å². The van der Waals surface area contributed by atoms with Crippen molar-refractivity contribution in [1.82, 2.24) is 23.1 Å². The number of carbonyl (C=O) groups is 1. The lowest BCUT2D eigenvalue weighted by Crippen LogP contribution is -2.37. The molecular weight excluding hydrogens is 422 g/mol. The number of aromatic nitrogens is 5. The number of carbonyl (C=O) groups excluding carboxylic acids is 1. The van der Waals surface area contributed by atoms with Gasteiger partial charge in [0, 0.05) is 20.3 Å². The number of nitrogens with zero attached hydrogens (tertiary/aromatic N) is 5. The molecule has 0 bridgehead atoms. The summed E-state index contributed by atoms with van der Waals surface area (Å²) in [5, 5.41) is 0. The predicted octanol–water partition coefficient (Wildman–Crippen LogP) is 2.10. The SMILES string of the molecule is Cn1c(=O)c2c(nc3n(CC(=O)OCc4ccccc4)c(-c4ccccc4)cn23)n(C)c1=O. The Hall–Kier alpha value is -4.40. The van der Waals surface area contributed by atoms with Gasteiger partial charge in [-0.1, -0.05) is 60.7 Å². The van der Waals surface area contributed by atoms with Crippen LogP contribution in [0.15, 0.2) is 76.4 Å². The monoisotopic (exact) mass is 443 g/mol. The van der Waals surface area contributed by atoms with Gasteiger partial charge in [-0.05, 0) is 11.1 Å². The van der Waals surface area contributed by atoms with Crippen molar-refractivity contribution in [1.29, 1.82) is 0 Å². The van der Waals surface area contributed by atoms with Crippen molar-refractivity contribution in [2.75, 3.05) is 0 Å². The number of imidazole rings is 2. The average molecular weight is 443 g/mol. The molecule has 5 rings (SSSR count). The van der Waals surface area contributed by atoms with Gasteiger partial charge in [0.15, 0.2) is 11.2 Å². The van der Waals surface area contributed by atoms with Crippen LogP contribution in [0.2, 0.25) is 0 Å². The number of hydrogen-bond acceptors (Lipinski definition) is 5. The molecule has 166 valence electrons. The number of fused-ring (bicyclic) bond motifs is 3. The average Bonchev–Trinajstić information content (AvgIpc) is 3.38. The Morgan fingerprint density at radius 1 is 0.939 bits per heavy atom. The van der Waals surface area contributed by atoms with E-state index >= 15 is 0 Å². The number of benzene rings is 2. The van der Waals surface area contributed by atoms with Crippen molar-refractivity contribution < 1.29 is 9.53 Å². The van der Waals surface area contributed by atoms with Crippen LogP contribution < -0.4 is 11.2 Å². The van der Waals surface area contributed by atoms with Crippen molar-refractivity contribution in [2.24, 2.45) is 14.1 Å². The molecule has 0 spiro atoms. The van der Waals surface area contributed by atoms with Crippen molar-refractivity contribution in [3.05, 3.63) is 93.3 Å². The minimum absolute atomic E-state index is 0.106. The Bertz CT molecular complexity index is 1610. The lowest BCUT2D eigenvalue weighted by atomic mass is 10.2. The first-order valence-corrected chi connectivity index (χ1v) is 10.4. The fourth-order valence-electron chi connectivity index (χ4n) is 3.92. The highest BCUT2D eigenvalue weighted by molar-refractivity contribution is 5.80. The summed E-state index contributed by atoms with van der Waals surface area (Å²) in [6, 6.07) is 18.9. The molecule has 2 aromatic carbocycles. The summed E-state index contributed by atoms with van der Waals surface area (Å²) in [6.07, 6.45) is 1.76. The van der Waals surface area contributed by atoms with Crippen molar-refractivity contribution >= 4 is 22.9 Å². The molecule has 33 heavy (non-hydrogen) atoms. The van der Waals surface area contributed by atoms with Gasteiger partial charge in [-0.2, -0.15) is 4.98 Å². The van der Waals surface area contributed by atoms with Crippen molar-refractivity contribution in [3.8, 4) is 11.3 Å². The zero-order valence-corrected chi connectivity index (χ0v) is 18.1. The molecule has 0 radical (unpaired) electrons. The number of ether oxygens (including phenoxy) is 1. The molecule has 0 aliphatic rings. The van der Waals surface area contributed by atoms with Gasteiger partial charge >= 0.3 is 11.7 Å². The van der Waals surface area contributed by atoms with Crippen LogP contribution in [0.25, 0.3) is 28.2 Å². The van der Waals surface area contributed by atoms with Gasteiger partial charge in [-0.3, -0.25) is 27.7 Å².